The van der Waals surface area contributed by atoms with Gasteiger partial charge < -0.3 is 24.0 Å². The van der Waals surface area contributed by atoms with Crippen LogP contribution in [0.5, 0.6) is 0 Å². The Balaban J connectivity index is 1.73. The molecule has 2 aromatic rings. The molecule has 0 aliphatic rings. The zero-order valence-electron chi connectivity index (χ0n) is 12.3. The number of nitrogens with zero attached hydrogens (tertiary/aromatic N) is 1. The summed E-state index contributed by atoms with van der Waals surface area (Å²) in [6, 6.07) is 5.51. The lowest BCUT2D eigenvalue weighted by Gasteiger charge is -2.08. The van der Waals surface area contributed by atoms with Crippen molar-refractivity contribution in [2.45, 2.75) is 0 Å². The number of ether oxygens (including phenoxy) is 3. The monoisotopic (exact) mass is 374 g/mol. The molecule has 0 spiro atoms. The van der Waals surface area contributed by atoms with Gasteiger partial charge in [-0.1, -0.05) is 6.07 Å². The van der Waals surface area contributed by atoms with Gasteiger partial charge in [-0.15, -0.1) is 4.73 Å². The minimum Gasteiger partial charge on any atom is -0.406 e. The number of aromatic nitrogens is 2. The van der Waals surface area contributed by atoms with Gasteiger partial charge in [0, 0.05) is 11.6 Å². The van der Waals surface area contributed by atoms with E-state index in [-0.39, 0.29) is 12.3 Å². The first-order chi connectivity index (χ1) is 10.7. The van der Waals surface area contributed by atoms with Crippen molar-refractivity contribution in [1.29, 1.82) is 0 Å². The smallest absolute Gasteiger partial charge is 0.359 e. The number of benzene rings is 1. The molecule has 0 fully saturated rings. The molecule has 22 heavy (non-hydrogen) atoms. The molecule has 0 amide bonds. The van der Waals surface area contributed by atoms with Gasteiger partial charge in [-0.25, -0.2) is 4.79 Å². The highest BCUT2D eigenvalue weighted by Gasteiger charge is 2.09. The normalized spacial score (nSPS) is 11.2. The van der Waals surface area contributed by atoms with E-state index in [2.05, 4.69) is 20.9 Å². The number of aromatic amines is 1. The van der Waals surface area contributed by atoms with Crippen LogP contribution in [0.1, 0.15) is 0 Å². The number of para-hydroxylation sites is 1. The van der Waals surface area contributed by atoms with Gasteiger partial charge in [-0.2, -0.15) is 0 Å². The van der Waals surface area contributed by atoms with Crippen LogP contribution in [0, 0.1) is 0 Å². The highest BCUT2D eigenvalue weighted by atomic mass is 79.9. The van der Waals surface area contributed by atoms with Crippen molar-refractivity contribution in [3.05, 3.63) is 33.2 Å². The van der Waals surface area contributed by atoms with Gasteiger partial charge in [0.25, 0.3) is 0 Å². The van der Waals surface area contributed by atoms with E-state index in [0.717, 1.165) is 4.47 Å². The SMILES string of the molecule is COCCOCCOCCOn1c(=O)[nH]c2c(Br)cccc21. The Labute approximate surface area is 136 Å². The Bertz CT molecular complexity index is 640. The van der Waals surface area contributed by atoms with E-state index in [1.807, 2.05) is 18.2 Å². The standard InChI is InChI=1S/C14H19BrN2O5/c1-19-5-6-20-7-8-21-9-10-22-17-12-4-2-3-11(15)13(12)16-14(17)18/h2-4H,5-10H2,1H3,(H,16,18). The number of imidazole rings is 1. The molecule has 0 saturated carbocycles. The average molecular weight is 375 g/mol. The van der Waals surface area contributed by atoms with Crippen LogP contribution in [0.2, 0.25) is 0 Å². The van der Waals surface area contributed by atoms with Gasteiger partial charge in [-0.3, -0.25) is 0 Å². The molecule has 0 unspecified atom stereocenters. The highest BCUT2D eigenvalue weighted by Crippen LogP contribution is 2.19. The lowest BCUT2D eigenvalue weighted by molar-refractivity contribution is 0.000961. The largest absolute Gasteiger partial charge is 0.406 e. The molecule has 0 atom stereocenters. The first kappa shape index (κ1) is 17.0. The molecular formula is C14H19BrN2O5. The number of halogens is 1. The second-order valence-corrected chi connectivity index (χ2v) is 5.26. The molecule has 1 heterocycles. The number of H-pyrrole nitrogens is 1. The minimum absolute atomic E-state index is 0.275. The lowest BCUT2D eigenvalue weighted by atomic mass is 10.3. The fraction of sp³-hybridized carbons (Fsp3) is 0.500. The third-order valence-corrected chi connectivity index (χ3v) is 3.54. The predicted octanol–water partition coefficient (Wildman–Crippen LogP) is 1.20. The van der Waals surface area contributed by atoms with E-state index < -0.39 is 0 Å². The summed E-state index contributed by atoms with van der Waals surface area (Å²) in [6.07, 6.45) is 0. The maximum absolute atomic E-state index is 11.8. The molecule has 1 aromatic carbocycles. The van der Waals surface area contributed by atoms with Crippen molar-refractivity contribution in [2.24, 2.45) is 0 Å². The lowest BCUT2D eigenvalue weighted by Crippen LogP contribution is -2.27. The Kier molecular flexibility index (Phi) is 6.91. The number of hydrogen-bond donors (Lipinski definition) is 1. The summed E-state index contributed by atoms with van der Waals surface area (Å²) in [7, 11) is 1.63. The Morgan fingerprint density at radius 2 is 1.77 bits per heavy atom. The van der Waals surface area contributed by atoms with E-state index in [1.54, 1.807) is 7.11 Å². The first-order valence-electron chi connectivity index (χ1n) is 6.91. The van der Waals surface area contributed by atoms with Gasteiger partial charge in [0.05, 0.1) is 38.6 Å². The van der Waals surface area contributed by atoms with Crippen LogP contribution in [0.15, 0.2) is 27.5 Å². The van der Waals surface area contributed by atoms with E-state index >= 15 is 0 Å². The summed E-state index contributed by atoms with van der Waals surface area (Å²) < 4.78 is 17.5. The molecule has 1 aromatic heterocycles. The van der Waals surface area contributed by atoms with Crippen molar-refractivity contribution in [3.8, 4) is 0 Å². The Morgan fingerprint density at radius 3 is 2.50 bits per heavy atom. The van der Waals surface area contributed by atoms with Crippen LogP contribution < -0.4 is 10.5 Å². The fourth-order valence-electron chi connectivity index (χ4n) is 1.85. The van der Waals surface area contributed by atoms with Crippen LogP contribution in [-0.4, -0.2) is 56.5 Å². The highest BCUT2D eigenvalue weighted by molar-refractivity contribution is 9.10. The van der Waals surface area contributed by atoms with Crippen molar-refractivity contribution in [2.75, 3.05) is 46.8 Å². The molecular weight excluding hydrogens is 356 g/mol. The number of rotatable bonds is 10. The van der Waals surface area contributed by atoms with Crippen LogP contribution >= 0.6 is 15.9 Å². The molecule has 8 heteroatoms. The van der Waals surface area contributed by atoms with Crippen molar-refractivity contribution < 1.29 is 19.0 Å². The fourth-order valence-corrected chi connectivity index (χ4v) is 2.31. The second-order valence-electron chi connectivity index (χ2n) is 4.41. The third kappa shape index (κ3) is 4.57. The minimum atomic E-state index is -0.315. The summed E-state index contributed by atoms with van der Waals surface area (Å²) in [5.74, 6) is 0. The van der Waals surface area contributed by atoms with Crippen molar-refractivity contribution in [3.63, 3.8) is 0 Å². The molecule has 0 aliphatic heterocycles. The molecule has 0 radical (unpaired) electrons. The summed E-state index contributed by atoms with van der Waals surface area (Å²) in [4.78, 5) is 20.0. The van der Waals surface area contributed by atoms with E-state index in [9.17, 15) is 4.79 Å². The van der Waals surface area contributed by atoms with E-state index in [4.69, 9.17) is 19.0 Å². The Hall–Kier alpha value is -1.35. The summed E-state index contributed by atoms with van der Waals surface area (Å²) in [6.45, 7) is 2.75. The van der Waals surface area contributed by atoms with Gasteiger partial charge >= 0.3 is 5.69 Å². The van der Waals surface area contributed by atoms with E-state index in [1.165, 1.54) is 4.73 Å². The molecule has 0 bridgehead atoms. The second kappa shape index (κ2) is 8.94. The maximum Gasteiger partial charge on any atom is 0.359 e. The number of methoxy groups -OCH3 is 1. The molecule has 1 N–H and O–H groups in total. The Morgan fingerprint density at radius 1 is 1.09 bits per heavy atom. The number of nitrogens with one attached hydrogen (secondary N) is 1. The van der Waals surface area contributed by atoms with Crippen molar-refractivity contribution >= 4 is 27.0 Å². The number of hydrogen-bond acceptors (Lipinski definition) is 5. The van der Waals surface area contributed by atoms with E-state index in [0.29, 0.717) is 44.1 Å². The zero-order valence-corrected chi connectivity index (χ0v) is 13.9. The molecule has 0 aliphatic carbocycles. The summed E-state index contributed by atoms with van der Waals surface area (Å²) in [5, 5.41) is 0. The molecule has 0 saturated heterocycles. The molecule has 2 rings (SSSR count). The van der Waals surface area contributed by atoms with Crippen LogP contribution in [0.25, 0.3) is 11.0 Å². The topological polar surface area (TPSA) is 74.7 Å². The predicted molar refractivity (Wildman–Crippen MR) is 85.2 cm³/mol. The van der Waals surface area contributed by atoms with Gasteiger partial charge in [0.2, 0.25) is 0 Å². The maximum atomic E-state index is 11.8. The van der Waals surface area contributed by atoms with Crippen molar-refractivity contribution in [1.82, 2.24) is 9.71 Å². The van der Waals surface area contributed by atoms with Crippen LogP contribution in [-0.2, 0) is 14.2 Å². The summed E-state index contributed by atoms with van der Waals surface area (Å²) in [5.41, 5.74) is 1.08. The quantitative estimate of drug-likeness (QED) is 0.632. The zero-order chi connectivity index (χ0) is 15.8. The average Bonchev–Trinajstić information content (AvgIpc) is 2.83. The van der Waals surface area contributed by atoms with Gasteiger partial charge in [-0.05, 0) is 28.1 Å². The number of fused-ring (bicyclic) bond motifs is 1. The molecule has 7 nitrogen and oxygen atoms in total. The molecule has 122 valence electrons. The third-order valence-electron chi connectivity index (χ3n) is 2.88. The first-order valence-corrected chi connectivity index (χ1v) is 7.70. The van der Waals surface area contributed by atoms with Crippen LogP contribution in [0.4, 0.5) is 0 Å². The van der Waals surface area contributed by atoms with Gasteiger partial charge in [0.1, 0.15) is 12.1 Å². The summed E-state index contributed by atoms with van der Waals surface area (Å²) >= 11 is 3.39. The van der Waals surface area contributed by atoms with Crippen LogP contribution in [0.3, 0.4) is 0 Å². The van der Waals surface area contributed by atoms with Gasteiger partial charge in [0.15, 0.2) is 0 Å².